The van der Waals surface area contributed by atoms with Crippen molar-refractivity contribution in [3.63, 3.8) is 0 Å². The fourth-order valence-corrected chi connectivity index (χ4v) is 1.46. The zero-order chi connectivity index (χ0) is 11.1. The average molecular weight is 209 g/mol. The highest BCUT2D eigenvalue weighted by molar-refractivity contribution is 5.25. The van der Waals surface area contributed by atoms with Gasteiger partial charge in [0.1, 0.15) is 0 Å². The zero-order valence-corrected chi connectivity index (χ0v) is 10.2. The number of anilines is 1. The number of nitrogens with one attached hydrogen (secondary N) is 1. The van der Waals surface area contributed by atoms with Crippen molar-refractivity contribution in [1.82, 2.24) is 9.55 Å². The second-order valence-corrected chi connectivity index (χ2v) is 4.41. The first kappa shape index (κ1) is 12.1. The van der Waals surface area contributed by atoms with Crippen LogP contribution in [-0.2, 0) is 6.54 Å². The minimum Gasteiger partial charge on any atom is -0.356 e. The smallest absolute Gasteiger partial charge is 0.202 e. The van der Waals surface area contributed by atoms with E-state index in [0.29, 0.717) is 0 Å². The summed E-state index contributed by atoms with van der Waals surface area (Å²) in [5.41, 5.74) is 0. The minimum atomic E-state index is 0.747. The molecule has 0 spiro atoms. The number of nitrogens with zero attached hydrogens (tertiary/aromatic N) is 2. The van der Waals surface area contributed by atoms with Crippen LogP contribution < -0.4 is 5.32 Å². The molecule has 0 unspecified atom stereocenters. The van der Waals surface area contributed by atoms with Crippen molar-refractivity contribution in [2.75, 3.05) is 11.9 Å². The van der Waals surface area contributed by atoms with Crippen LogP contribution in [0, 0.1) is 5.92 Å². The van der Waals surface area contributed by atoms with Crippen molar-refractivity contribution in [2.45, 2.75) is 46.6 Å². The van der Waals surface area contributed by atoms with E-state index in [1.54, 1.807) is 0 Å². The first-order valence-corrected chi connectivity index (χ1v) is 5.99. The van der Waals surface area contributed by atoms with Crippen LogP contribution in [0.4, 0.5) is 5.95 Å². The molecule has 1 aromatic rings. The van der Waals surface area contributed by atoms with Gasteiger partial charge in [-0.25, -0.2) is 4.98 Å². The summed E-state index contributed by atoms with van der Waals surface area (Å²) in [6.45, 7) is 8.78. The molecule has 0 bridgehead atoms. The van der Waals surface area contributed by atoms with Crippen LogP contribution in [0.15, 0.2) is 12.4 Å². The van der Waals surface area contributed by atoms with Crippen molar-refractivity contribution >= 4 is 5.95 Å². The van der Waals surface area contributed by atoms with Gasteiger partial charge in [-0.15, -0.1) is 0 Å². The number of rotatable bonds is 7. The molecule has 0 saturated heterocycles. The number of imidazole rings is 1. The first-order valence-electron chi connectivity index (χ1n) is 5.99. The van der Waals surface area contributed by atoms with E-state index in [1.807, 2.05) is 12.4 Å². The molecule has 0 aliphatic carbocycles. The van der Waals surface area contributed by atoms with Crippen LogP contribution in [0.1, 0.15) is 40.0 Å². The number of aromatic nitrogens is 2. The molecule has 0 atom stereocenters. The molecule has 3 nitrogen and oxygen atoms in total. The second-order valence-electron chi connectivity index (χ2n) is 4.41. The predicted octanol–water partition coefficient (Wildman–Crippen LogP) is 3.14. The van der Waals surface area contributed by atoms with Crippen molar-refractivity contribution in [2.24, 2.45) is 5.92 Å². The third-order valence-corrected chi connectivity index (χ3v) is 2.47. The lowest BCUT2D eigenvalue weighted by Crippen LogP contribution is -2.10. The van der Waals surface area contributed by atoms with Crippen molar-refractivity contribution in [1.29, 1.82) is 0 Å². The topological polar surface area (TPSA) is 29.9 Å². The molecule has 0 aromatic carbocycles. The van der Waals surface area contributed by atoms with Gasteiger partial charge >= 0.3 is 0 Å². The maximum absolute atomic E-state index is 4.32. The Bertz CT molecular complexity index is 266. The molecule has 1 heterocycles. The molecule has 1 aromatic heterocycles. The second kappa shape index (κ2) is 6.49. The zero-order valence-electron chi connectivity index (χ0n) is 10.2. The average Bonchev–Trinajstić information content (AvgIpc) is 2.62. The normalized spacial score (nSPS) is 10.9. The summed E-state index contributed by atoms with van der Waals surface area (Å²) in [6.07, 6.45) is 7.56. The summed E-state index contributed by atoms with van der Waals surface area (Å²) in [5, 5.41) is 3.39. The van der Waals surface area contributed by atoms with Crippen molar-refractivity contribution in [3.8, 4) is 0 Å². The number of aryl methyl sites for hydroxylation is 1. The van der Waals surface area contributed by atoms with Crippen LogP contribution in [0.5, 0.6) is 0 Å². The van der Waals surface area contributed by atoms with E-state index in [-0.39, 0.29) is 0 Å². The lowest BCUT2D eigenvalue weighted by Gasteiger charge is -2.10. The van der Waals surface area contributed by atoms with E-state index in [1.165, 1.54) is 19.3 Å². The van der Waals surface area contributed by atoms with Crippen LogP contribution in [-0.4, -0.2) is 16.1 Å². The number of unbranched alkanes of at least 4 members (excludes halogenated alkanes) is 1. The Kier molecular flexibility index (Phi) is 5.22. The number of hydrogen-bond acceptors (Lipinski definition) is 2. The highest BCUT2D eigenvalue weighted by Gasteiger charge is 2.01. The van der Waals surface area contributed by atoms with E-state index in [0.717, 1.165) is 25.0 Å². The van der Waals surface area contributed by atoms with E-state index in [9.17, 15) is 0 Å². The quantitative estimate of drug-likeness (QED) is 0.747. The Morgan fingerprint density at radius 3 is 2.93 bits per heavy atom. The Morgan fingerprint density at radius 1 is 1.47 bits per heavy atom. The van der Waals surface area contributed by atoms with E-state index in [4.69, 9.17) is 0 Å². The minimum absolute atomic E-state index is 0.747. The van der Waals surface area contributed by atoms with Gasteiger partial charge < -0.3 is 9.88 Å². The Labute approximate surface area is 92.9 Å². The SMILES string of the molecule is CCCCn1ccnc1NCCC(C)C. The van der Waals surface area contributed by atoms with Gasteiger partial charge in [0.15, 0.2) is 0 Å². The maximum Gasteiger partial charge on any atom is 0.202 e. The summed E-state index contributed by atoms with van der Waals surface area (Å²) in [5.74, 6) is 1.76. The molecule has 3 heteroatoms. The van der Waals surface area contributed by atoms with Crippen LogP contribution in [0.3, 0.4) is 0 Å². The van der Waals surface area contributed by atoms with E-state index >= 15 is 0 Å². The monoisotopic (exact) mass is 209 g/mol. The summed E-state index contributed by atoms with van der Waals surface area (Å²) in [4.78, 5) is 4.32. The molecule has 0 aliphatic rings. The van der Waals surface area contributed by atoms with Gasteiger partial charge in [0.2, 0.25) is 5.95 Å². The van der Waals surface area contributed by atoms with E-state index < -0.39 is 0 Å². The summed E-state index contributed by atoms with van der Waals surface area (Å²) in [6, 6.07) is 0. The fraction of sp³-hybridized carbons (Fsp3) is 0.750. The van der Waals surface area contributed by atoms with Gasteiger partial charge in [0.05, 0.1) is 0 Å². The van der Waals surface area contributed by atoms with Gasteiger partial charge in [0, 0.05) is 25.5 Å². The molecule has 86 valence electrons. The Hall–Kier alpha value is -0.990. The summed E-state index contributed by atoms with van der Waals surface area (Å²) in [7, 11) is 0. The molecule has 0 aliphatic heterocycles. The van der Waals surface area contributed by atoms with Gasteiger partial charge in [-0.3, -0.25) is 0 Å². The molecule has 1 N–H and O–H groups in total. The molecule has 0 radical (unpaired) electrons. The fourth-order valence-electron chi connectivity index (χ4n) is 1.46. The molecule has 15 heavy (non-hydrogen) atoms. The van der Waals surface area contributed by atoms with Crippen LogP contribution in [0.2, 0.25) is 0 Å². The van der Waals surface area contributed by atoms with Gasteiger partial charge in [-0.05, 0) is 18.8 Å². The third-order valence-electron chi connectivity index (χ3n) is 2.47. The van der Waals surface area contributed by atoms with Gasteiger partial charge in [-0.2, -0.15) is 0 Å². The molecule has 0 fully saturated rings. The summed E-state index contributed by atoms with van der Waals surface area (Å²) < 4.78 is 2.20. The highest BCUT2D eigenvalue weighted by Crippen LogP contribution is 2.07. The lowest BCUT2D eigenvalue weighted by atomic mass is 10.1. The Morgan fingerprint density at radius 2 is 2.27 bits per heavy atom. The molecular weight excluding hydrogens is 186 g/mol. The largest absolute Gasteiger partial charge is 0.356 e. The summed E-state index contributed by atoms with van der Waals surface area (Å²) >= 11 is 0. The van der Waals surface area contributed by atoms with Crippen molar-refractivity contribution < 1.29 is 0 Å². The molecule has 0 amide bonds. The molecule has 1 rings (SSSR count). The van der Waals surface area contributed by atoms with Gasteiger partial charge in [0.25, 0.3) is 0 Å². The Balaban J connectivity index is 2.35. The molecular formula is C12H23N3. The van der Waals surface area contributed by atoms with E-state index in [2.05, 4.69) is 35.6 Å². The van der Waals surface area contributed by atoms with Gasteiger partial charge in [-0.1, -0.05) is 27.2 Å². The standard InChI is InChI=1S/C12H23N3/c1-4-5-9-15-10-8-14-12(15)13-7-6-11(2)3/h8,10-11H,4-7,9H2,1-3H3,(H,13,14). The predicted molar refractivity (Wildman–Crippen MR) is 65.1 cm³/mol. The first-order chi connectivity index (χ1) is 7.24. The van der Waals surface area contributed by atoms with Crippen LogP contribution >= 0.6 is 0 Å². The molecule has 0 saturated carbocycles. The third kappa shape index (κ3) is 4.36. The van der Waals surface area contributed by atoms with Crippen LogP contribution in [0.25, 0.3) is 0 Å². The lowest BCUT2D eigenvalue weighted by molar-refractivity contribution is 0.597. The maximum atomic E-state index is 4.32. The highest BCUT2D eigenvalue weighted by atomic mass is 15.2. The van der Waals surface area contributed by atoms with Crippen molar-refractivity contribution in [3.05, 3.63) is 12.4 Å². The number of hydrogen-bond donors (Lipinski definition) is 1.